The molecular weight excluding hydrogens is 290 g/mol. The second-order valence-corrected chi connectivity index (χ2v) is 6.09. The van der Waals surface area contributed by atoms with Crippen molar-refractivity contribution < 1.29 is 4.79 Å². The normalized spacial score (nSPS) is 16.8. The molecule has 0 fully saturated rings. The highest BCUT2D eigenvalue weighted by Gasteiger charge is 2.21. The summed E-state index contributed by atoms with van der Waals surface area (Å²) in [5, 5.41) is 4.23. The number of nitrogens with zero attached hydrogens (tertiary/aromatic N) is 3. The van der Waals surface area contributed by atoms with Gasteiger partial charge < -0.3 is 0 Å². The largest absolute Gasteiger partial charge is 0.285 e. The predicted octanol–water partition coefficient (Wildman–Crippen LogP) is 3.21. The molecule has 2 aromatic rings. The first kappa shape index (κ1) is 13.2. The number of rotatable bonds is 2. The highest BCUT2D eigenvalue weighted by Crippen LogP contribution is 2.33. The van der Waals surface area contributed by atoms with Crippen LogP contribution in [0.25, 0.3) is 11.8 Å². The summed E-state index contributed by atoms with van der Waals surface area (Å²) in [4.78, 5) is 16.5. The number of aromatic nitrogens is 2. The number of aliphatic imine (C=N–C) groups is 1. The van der Waals surface area contributed by atoms with Crippen LogP contribution in [0, 0.1) is 0 Å². The van der Waals surface area contributed by atoms with Gasteiger partial charge in [-0.25, -0.2) is 4.68 Å². The van der Waals surface area contributed by atoms with Crippen LogP contribution in [0.5, 0.6) is 0 Å². The summed E-state index contributed by atoms with van der Waals surface area (Å²) in [6.07, 6.45) is 7.40. The fourth-order valence-electron chi connectivity index (χ4n) is 1.85. The van der Waals surface area contributed by atoms with Gasteiger partial charge in [-0.15, -0.1) is 11.8 Å². The van der Waals surface area contributed by atoms with Crippen molar-refractivity contribution in [3.63, 3.8) is 0 Å². The molecule has 0 N–H and O–H groups in total. The Balaban J connectivity index is 1.99. The first-order valence-electron chi connectivity index (χ1n) is 5.93. The van der Waals surface area contributed by atoms with Crippen molar-refractivity contribution in [3.8, 4) is 5.69 Å². The molecule has 3 rings (SSSR count). The van der Waals surface area contributed by atoms with Gasteiger partial charge in [0.25, 0.3) is 5.91 Å². The van der Waals surface area contributed by atoms with E-state index in [1.54, 1.807) is 10.9 Å². The molecule has 100 valence electrons. The van der Waals surface area contributed by atoms with Crippen molar-refractivity contribution in [2.75, 3.05) is 6.26 Å². The Morgan fingerprint density at radius 2 is 2.15 bits per heavy atom. The molecule has 0 radical (unpaired) electrons. The van der Waals surface area contributed by atoms with Crippen LogP contribution in [-0.2, 0) is 4.79 Å². The highest BCUT2D eigenvalue weighted by molar-refractivity contribution is 8.40. The lowest BCUT2D eigenvalue weighted by Gasteiger charge is -2.06. The van der Waals surface area contributed by atoms with E-state index in [1.165, 1.54) is 23.5 Å². The third kappa shape index (κ3) is 2.57. The van der Waals surface area contributed by atoms with Crippen LogP contribution in [0.4, 0.5) is 0 Å². The molecule has 1 aromatic carbocycles. The van der Waals surface area contributed by atoms with Gasteiger partial charge in [0, 0.05) is 18.0 Å². The number of benzene rings is 1. The van der Waals surface area contributed by atoms with Crippen molar-refractivity contribution in [1.82, 2.24) is 9.78 Å². The molecule has 1 aliphatic rings. The lowest BCUT2D eigenvalue weighted by atomic mass is 10.1. The quantitative estimate of drug-likeness (QED) is 0.799. The van der Waals surface area contributed by atoms with Crippen molar-refractivity contribution in [2.45, 2.75) is 0 Å². The number of carbonyl (C=O) groups is 1. The van der Waals surface area contributed by atoms with Crippen LogP contribution in [-0.4, -0.2) is 26.3 Å². The third-order valence-corrected chi connectivity index (χ3v) is 4.72. The van der Waals surface area contributed by atoms with E-state index in [4.69, 9.17) is 0 Å². The minimum atomic E-state index is -0.172. The fourth-order valence-corrected chi connectivity index (χ4v) is 3.26. The maximum Gasteiger partial charge on any atom is 0.285 e. The maximum atomic E-state index is 11.8. The number of carbonyl (C=O) groups excluding carboxylic acids is 1. The second kappa shape index (κ2) is 5.68. The Bertz CT molecular complexity index is 705. The third-order valence-electron chi connectivity index (χ3n) is 2.75. The number of thioether (sulfide) groups is 2. The molecule has 4 nitrogen and oxygen atoms in total. The summed E-state index contributed by atoms with van der Waals surface area (Å²) < 4.78 is 2.57. The molecule has 1 aromatic heterocycles. The zero-order chi connectivity index (χ0) is 13.9. The minimum absolute atomic E-state index is 0.172. The van der Waals surface area contributed by atoms with Gasteiger partial charge >= 0.3 is 0 Å². The van der Waals surface area contributed by atoms with E-state index in [2.05, 4.69) is 10.1 Å². The Morgan fingerprint density at radius 3 is 2.85 bits per heavy atom. The van der Waals surface area contributed by atoms with E-state index in [0.29, 0.717) is 4.91 Å². The second-order valence-electron chi connectivity index (χ2n) is 4.01. The monoisotopic (exact) mass is 301 g/mol. The topological polar surface area (TPSA) is 47.2 Å². The first-order chi connectivity index (χ1) is 9.78. The molecule has 1 amide bonds. The number of hydrogen-bond acceptors (Lipinski definition) is 4. The zero-order valence-corrected chi connectivity index (χ0v) is 12.3. The smallest absolute Gasteiger partial charge is 0.266 e. The molecule has 0 unspecified atom stereocenters. The van der Waals surface area contributed by atoms with Crippen LogP contribution in [0.2, 0.25) is 0 Å². The van der Waals surface area contributed by atoms with Gasteiger partial charge in [-0.05, 0) is 24.5 Å². The average molecular weight is 301 g/mol. The van der Waals surface area contributed by atoms with Gasteiger partial charge in [-0.2, -0.15) is 10.1 Å². The van der Waals surface area contributed by atoms with E-state index < -0.39 is 0 Å². The number of para-hydroxylation sites is 1. The molecule has 0 saturated carbocycles. The Hall–Kier alpha value is -1.79. The van der Waals surface area contributed by atoms with Crippen molar-refractivity contribution in [2.24, 2.45) is 4.99 Å². The molecule has 6 heteroatoms. The van der Waals surface area contributed by atoms with Gasteiger partial charge in [0.2, 0.25) is 0 Å². The SMILES string of the molecule is CSC1=NC(=O)/C(=C/c2ccccc2-n2cccn2)S1. The van der Waals surface area contributed by atoms with Crippen LogP contribution >= 0.6 is 23.5 Å². The van der Waals surface area contributed by atoms with Gasteiger partial charge in [-0.3, -0.25) is 4.79 Å². The van der Waals surface area contributed by atoms with Crippen molar-refractivity contribution in [3.05, 3.63) is 53.2 Å². The van der Waals surface area contributed by atoms with E-state index in [0.717, 1.165) is 15.6 Å². The molecular formula is C14H11N3OS2. The van der Waals surface area contributed by atoms with Gasteiger partial charge in [0.15, 0.2) is 0 Å². The number of amides is 1. The van der Waals surface area contributed by atoms with Gasteiger partial charge in [0.1, 0.15) is 4.38 Å². The van der Waals surface area contributed by atoms with E-state index in [9.17, 15) is 4.79 Å². The summed E-state index contributed by atoms with van der Waals surface area (Å²) in [6, 6.07) is 9.70. The van der Waals surface area contributed by atoms with Crippen LogP contribution in [0.3, 0.4) is 0 Å². The molecule has 20 heavy (non-hydrogen) atoms. The molecule has 0 aliphatic carbocycles. The molecule has 2 heterocycles. The van der Waals surface area contributed by atoms with Gasteiger partial charge in [0.05, 0.1) is 10.6 Å². The molecule has 0 spiro atoms. The minimum Gasteiger partial charge on any atom is -0.266 e. The maximum absolute atomic E-state index is 11.8. The van der Waals surface area contributed by atoms with Crippen LogP contribution in [0.1, 0.15) is 5.56 Å². The molecule has 1 aliphatic heterocycles. The lowest BCUT2D eigenvalue weighted by Crippen LogP contribution is -1.97. The summed E-state index contributed by atoms with van der Waals surface area (Å²) >= 11 is 2.90. The Labute approximate surface area is 125 Å². The Kier molecular flexibility index (Phi) is 3.75. The standard InChI is InChI=1S/C14H11N3OS2/c1-19-14-16-13(18)12(20-14)9-10-5-2-3-6-11(10)17-8-4-7-15-17/h2-9H,1H3/b12-9-. The average Bonchev–Trinajstić information content (AvgIpc) is 3.10. The van der Waals surface area contributed by atoms with Crippen molar-refractivity contribution >= 4 is 39.9 Å². The molecule has 0 bridgehead atoms. The lowest BCUT2D eigenvalue weighted by molar-refractivity contribution is -0.113. The van der Waals surface area contributed by atoms with E-state index in [1.807, 2.05) is 48.9 Å². The summed E-state index contributed by atoms with van der Waals surface area (Å²) in [5.41, 5.74) is 1.89. The molecule has 0 saturated heterocycles. The molecule has 0 atom stereocenters. The van der Waals surface area contributed by atoms with E-state index >= 15 is 0 Å². The fraction of sp³-hybridized carbons (Fsp3) is 0.0714. The first-order valence-corrected chi connectivity index (χ1v) is 7.97. The summed E-state index contributed by atoms with van der Waals surface area (Å²) in [6.45, 7) is 0. The van der Waals surface area contributed by atoms with E-state index in [-0.39, 0.29) is 5.91 Å². The predicted molar refractivity (Wildman–Crippen MR) is 85.1 cm³/mol. The van der Waals surface area contributed by atoms with Crippen molar-refractivity contribution in [1.29, 1.82) is 0 Å². The highest BCUT2D eigenvalue weighted by atomic mass is 32.2. The summed E-state index contributed by atoms with van der Waals surface area (Å²) in [7, 11) is 0. The van der Waals surface area contributed by atoms with Crippen LogP contribution in [0.15, 0.2) is 52.6 Å². The number of hydrogen-bond donors (Lipinski definition) is 0. The van der Waals surface area contributed by atoms with Gasteiger partial charge in [-0.1, -0.05) is 30.0 Å². The van der Waals surface area contributed by atoms with Crippen LogP contribution < -0.4 is 0 Å². The zero-order valence-electron chi connectivity index (χ0n) is 10.7. The Morgan fingerprint density at radius 1 is 1.30 bits per heavy atom. The summed E-state index contributed by atoms with van der Waals surface area (Å²) in [5.74, 6) is -0.172.